The number of ether oxygens (including phenoxy) is 3. The van der Waals surface area contributed by atoms with Crippen LogP contribution in [0.2, 0.25) is 15.1 Å². The number of halogens is 6. The third-order valence-corrected chi connectivity index (χ3v) is 30.5. The van der Waals surface area contributed by atoms with Crippen molar-refractivity contribution in [1.29, 1.82) is 0 Å². The number of benzene rings is 6. The maximum Gasteiger partial charge on any atom is 0.320 e. The van der Waals surface area contributed by atoms with Gasteiger partial charge in [0.15, 0.2) is 22.9 Å². The third kappa shape index (κ3) is 14.4. The topological polar surface area (TPSA) is 212 Å². The molecule has 12 aromatic rings. The summed E-state index contributed by atoms with van der Waals surface area (Å²) in [6.45, 7) is 11.0. The molecule has 13 atom stereocenters. The number of rotatable bonds is 23. The van der Waals surface area contributed by atoms with E-state index in [0.29, 0.717) is 158 Å². The summed E-state index contributed by atoms with van der Waals surface area (Å²) in [5.41, 5.74) is 7.85. The van der Waals surface area contributed by atoms with Gasteiger partial charge in [-0.25, -0.2) is 28.1 Å². The SMILES string of the molecule is F[C@@H]1CCN(CC2(COc3nc(N4CC5CCC(C4)N5)c4cnc(-c5cccc6c(C7CC7(COc7nc(N8CC9CCC(C8)N9)c8ccc(-c9cccc%10c(C%11CC%11(COc%11nc(N%12CC%13CCC(C%12)N%13)c%12ncc(-c%13cccc%14cccc(Cl)c%13%14)cc%12n%11)CN%11CC[C@@H](F)C%11)ccc(Cl)c9%10)nc8n7)CN7CC[C@@H](F)C7)ccc(Cl)c56)nc4n3)CC2)C1. The van der Waals surface area contributed by atoms with Crippen molar-refractivity contribution in [2.24, 2.45) is 16.2 Å². The lowest BCUT2D eigenvalue weighted by Gasteiger charge is -2.34. The van der Waals surface area contributed by atoms with Gasteiger partial charge in [0.2, 0.25) is 0 Å². The Kier molecular flexibility index (Phi) is 19.2. The Morgan fingerprint density at radius 2 is 0.886 bits per heavy atom. The number of nitrogens with zero attached hydrogens (tertiary/aromatic N) is 16. The standard InChI is InChI=1S/C95H97Cl3F3N19O3/c96-75-12-2-6-53-5-1-7-64(80(53)75)54-33-79-83(102-36-54)89(120-45-62-17-18-63(46-120)106-62)114-90(108-79)122-51-94(48-116-31-26-56(100)39-116)34-73(94)65-19-22-76(97)81-67(65)8-3-10-69(81)78-24-21-71-85(107-78)110-92(112-87(71)118-41-58-13-14-59(42-118)104-58)123-52-95(49-117-32-27-57(101)40-117)35-74(95)66-20-23-77(98)82-68(66)9-4-11-70(82)84-103-37-72-86(109-84)111-91(113-88(72)119-43-60-15-16-61(44-119)105-60)121-50-93(28-29-93)47-115-30-25-55(99)38-115/h1-12,19-24,33,36-37,55-63,73-74,104-106H,13-18,25-32,34-35,38-52H2/t55-,56-,57-,58?,59?,60?,61?,62?,63?,73?,74?,94?,95?/m1/s1. The third-order valence-electron chi connectivity index (χ3n) is 29.6. The van der Waals surface area contributed by atoms with Gasteiger partial charge < -0.3 is 44.9 Å². The molecule has 0 radical (unpaired) electrons. The molecule has 6 bridgehead atoms. The molecule has 0 amide bonds. The number of hydrogen-bond donors (Lipinski definition) is 3. The monoisotopic (exact) mass is 1710 g/mol. The molecule has 24 rings (SSSR count). The van der Waals surface area contributed by atoms with Crippen molar-refractivity contribution in [3.05, 3.63) is 154 Å². The zero-order chi connectivity index (χ0) is 82.1. The Morgan fingerprint density at radius 1 is 0.407 bits per heavy atom. The Hall–Kier alpha value is -9.28. The molecule has 3 saturated carbocycles. The molecule has 632 valence electrons. The molecule has 22 nitrogen and oxygen atoms in total. The normalized spacial score (nSPS) is 28.4. The van der Waals surface area contributed by atoms with Crippen LogP contribution in [0.1, 0.15) is 106 Å². The summed E-state index contributed by atoms with van der Waals surface area (Å²) in [5, 5.41) is 20.5. The number of hydrogen-bond acceptors (Lipinski definition) is 22. The number of nitrogens with one attached hydrogen (secondary N) is 3. The van der Waals surface area contributed by atoms with Crippen molar-refractivity contribution in [3.63, 3.8) is 0 Å². The predicted octanol–water partition coefficient (Wildman–Crippen LogP) is 15.7. The molecule has 15 heterocycles. The second kappa shape index (κ2) is 30.5. The Labute approximate surface area is 725 Å². The average molecular weight is 1720 g/mol. The molecule has 6 aromatic heterocycles. The Balaban J connectivity index is 0.546. The molecule has 0 spiro atoms. The maximum absolute atomic E-state index is 15.5. The van der Waals surface area contributed by atoms with Crippen LogP contribution in [0.25, 0.3) is 99.2 Å². The second-order valence-electron chi connectivity index (χ2n) is 38.0. The minimum atomic E-state index is -0.919. The van der Waals surface area contributed by atoms with Crippen molar-refractivity contribution < 1.29 is 27.4 Å². The molecular weight excluding hydrogens is 1620 g/mol. The summed E-state index contributed by atoms with van der Waals surface area (Å²) in [7, 11) is 0. The van der Waals surface area contributed by atoms with E-state index in [1.807, 2.05) is 42.7 Å². The minimum absolute atomic E-state index is 0.0106. The molecule has 10 unspecified atom stereocenters. The van der Waals surface area contributed by atoms with E-state index in [-0.39, 0.29) is 41.9 Å². The molecule has 12 aliphatic rings. The number of pyridine rings is 2. The highest BCUT2D eigenvalue weighted by molar-refractivity contribution is 6.38. The molecule has 123 heavy (non-hydrogen) atoms. The van der Waals surface area contributed by atoms with Gasteiger partial charge in [-0.2, -0.15) is 29.9 Å². The van der Waals surface area contributed by atoms with Crippen LogP contribution in [0.5, 0.6) is 18.0 Å². The molecule has 28 heteroatoms. The molecular formula is C95H97Cl3F3N19O3. The molecule has 9 saturated heterocycles. The number of aromatic nitrogens is 10. The van der Waals surface area contributed by atoms with E-state index in [4.69, 9.17) is 98.9 Å². The lowest BCUT2D eigenvalue weighted by molar-refractivity contribution is 0.160. The van der Waals surface area contributed by atoms with E-state index in [2.05, 4.69) is 130 Å². The first kappa shape index (κ1) is 77.3. The Bertz CT molecular complexity index is 6200. The first-order chi connectivity index (χ1) is 60.1. The fourth-order valence-corrected chi connectivity index (χ4v) is 23.9. The van der Waals surface area contributed by atoms with E-state index in [9.17, 15) is 4.39 Å². The summed E-state index contributed by atoms with van der Waals surface area (Å²) in [4.78, 5) is 66.3. The van der Waals surface area contributed by atoms with E-state index in [1.54, 1.807) is 0 Å². The molecule has 12 fully saturated rings. The van der Waals surface area contributed by atoms with Crippen LogP contribution in [0.4, 0.5) is 30.6 Å². The van der Waals surface area contributed by atoms with Gasteiger partial charge in [-0.3, -0.25) is 19.7 Å². The van der Waals surface area contributed by atoms with E-state index >= 15 is 8.78 Å². The van der Waals surface area contributed by atoms with Gasteiger partial charge in [0.1, 0.15) is 35.7 Å². The van der Waals surface area contributed by atoms with Crippen molar-refractivity contribution in [2.75, 3.05) is 133 Å². The number of fused-ring (bicyclic) bond motifs is 12. The van der Waals surface area contributed by atoms with Gasteiger partial charge in [0, 0.05) is 211 Å². The van der Waals surface area contributed by atoms with Gasteiger partial charge in [0.05, 0.1) is 41.8 Å². The van der Waals surface area contributed by atoms with Crippen LogP contribution in [0, 0.1) is 16.2 Å². The minimum Gasteiger partial charge on any atom is -0.463 e. The quantitative estimate of drug-likeness (QED) is 0.0543. The lowest BCUT2D eigenvalue weighted by atomic mass is 9.92. The summed E-state index contributed by atoms with van der Waals surface area (Å²) in [6, 6.07) is 42.2. The highest BCUT2D eigenvalue weighted by Crippen LogP contribution is 2.64. The highest BCUT2D eigenvalue weighted by Gasteiger charge is 2.59. The summed E-state index contributed by atoms with van der Waals surface area (Å²) in [6.07, 6.45) is 12.9. The zero-order valence-corrected chi connectivity index (χ0v) is 70.8. The van der Waals surface area contributed by atoms with Gasteiger partial charge >= 0.3 is 18.0 Å². The van der Waals surface area contributed by atoms with Crippen LogP contribution in [0.15, 0.2) is 128 Å². The largest absolute Gasteiger partial charge is 0.463 e. The summed E-state index contributed by atoms with van der Waals surface area (Å²) >= 11 is 22.0. The number of piperazine rings is 3. The van der Waals surface area contributed by atoms with Gasteiger partial charge in [-0.1, -0.05) is 114 Å². The fourth-order valence-electron chi connectivity index (χ4n) is 23.0. The van der Waals surface area contributed by atoms with Crippen LogP contribution in [0.3, 0.4) is 0 Å². The van der Waals surface area contributed by atoms with E-state index in [0.717, 1.165) is 216 Å². The second-order valence-corrected chi connectivity index (χ2v) is 39.3. The van der Waals surface area contributed by atoms with Crippen molar-refractivity contribution in [1.82, 2.24) is 80.5 Å². The molecule has 3 N–H and O–H groups in total. The van der Waals surface area contributed by atoms with Crippen LogP contribution in [-0.4, -0.2) is 237 Å². The molecule has 6 aromatic carbocycles. The van der Waals surface area contributed by atoms with Gasteiger partial charge in [-0.15, -0.1) is 0 Å². The smallest absolute Gasteiger partial charge is 0.320 e. The first-order valence-corrected chi connectivity index (χ1v) is 45.7. The summed E-state index contributed by atoms with van der Waals surface area (Å²) in [5.74, 6) is 2.77. The number of alkyl halides is 3. The lowest BCUT2D eigenvalue weighted by Crippen LogP contribution is -2.51. The summed E-state index contributed by atoms with van der Waals surface area (Å²) < 4.78 is 66.1. The first-order valence-electron chi connectivity index (χ1n) is 44.6. The van der Waals surface area contributed by atoms with Crippen molar-refractivity contribution in [3.8, 4) is 51.8 Å². The average Bonchev–Trinajstić information content (AvgIpc) is 1.57. The highest BCUT2D eigenvalue weighted by atomic mass is 35.5. The molecule has 3 aliphatic carbocycles. The van der Waals surface area contributed by atoms with Crippen LogP contribution in [-0.2, 0) is 0 Å². The predicted molar refractivity (Wildman–Crippen MR) is 476 cm³/mol. The zero-order valence-electron chi connectivity index (χ0n) is 68.5. The van der Waals surface area contributed by atoms with Crippen molar-refractivity contribution >= 4 is 118 Å². The van der Waals surface area contributed by atoms with Gasteiger partial charge in [0.25, 0.3) is 0 Å². The molecule has 9 aliphatic heterocycles. The maximum atomic E-state index is 15.5. The van der Waals surface area contributed by atoms with E-state index < -0.39 is 29.3 Å². The van der Waals surface area contributed by atoms with Crippen LogP contribution >= 0.6 is 34.8 Å². The van der Waals surface area contributed by atoms with Crippen LogP contribution < -0.4 is 44.9 Å². The number of anilines is 3. The fraction of sp³-hybridized carbons (Fsp3) is 0.474. The van der Waals surface area contributed by atoms with Crippen molar-refractivity contribution in [2.45, 2.75) is 150 Å². The number of likely N-dealkylation sites (tertiary alicyclic amines) is 3. The van der Waals surface area contributed by atoms with E-state index in [1.165, 1.54) is 0 Å². The van der Waals surface area contributed by atoms with Gasteiger partial charge in [-0.05, 0) is 165 Å². The Morgan fingerprint density at radius 3 is 1.45 bits per heavy atom.